The molecular formula is C26H33O2P. The quantitative estimate of drug-likeness (QED) is 0.468. The minimum atomic E-state index is -0.321. The van der Waals surface area contributed by atoms with Crippen LogP contribution in [0.3, 0.4) is 0 Å². The molecule has 3 heteroatoms. The molecule has 0 heterocycles. The van der Waals surface area contributed by atoms with Crippen molar-refractivity contribution in [2.75, 3.05) is 14.2 Å². The van der Waals surface area contributed by atoms with Crippen LogP contribution >= 0.6 is 7.92 Å². The van der Waals surface area contributed by atoms with Gasteiger partial charge in [-0.25, -0.2) is 0 Å². The highest BCUT2D eigenvalue weighted by atomic mass is 31.1. The van der Waals surface area contributed by atoms with Crippen LogP contribution in [-0.4, -0.2) is 19.9 Å². The van der Waals surface area contributed by atoms with Gasteiger partial charge in [-0.05, 0) is 80.4 Å². The average Bonchev–Trinajstić information content (AvgIpc) is 2.80. The smallest absolute Gasteiger partial charge is 0.130 e. The van der Waals surface area contributed by atoms with E-state index in [0.29, 0.717) is 0 Å². The second-order valence-electron chi connectivity index (χ2n) is 8.16. The molecule has 2 aliphatic rings. The van der Waals surface area contributed by atoms with E-state index in [4.69, 9.17) is 9.47 Å². The largest absolute Gasteiger partial charge is 0.496 e. The second-order valence-corrected chi connectivity index (χ2v) is 10.7. The summed E-state index contributed by atoms with van der Waals surface area (Å²) < 4.78 is 11.6. The molecule has 154 valence electrons. The van der Waals surface area contributed by atoms with Gasteiger partial charge in [0.2, 0.25) is 0 Å². The number of benzene rings is 2. The van der Waals surface area contributed by atoms with Crippen LogP contribution in [-0.2, 0) is 0 Å². The number of hydrogen-bond acceptors (Lipinski definition) is 2. The van der Waals surface area contributed by atoms with E-state index < -0.39 is 0 Å². The first-order valence-electron chi connectivity index (χ1n) is 11.1. The van der Waals surface area contributed by atoms with E-state index in [2.05, 4.69) is 42.5 Å². The highest BCUT2D eigenvalue weighted by Gasteiger charge is 2.31. The lowest BCUT2D eigenvalue weighted by Crippen LogP contribution is -2.20. The Labute approximate surface area is 177 Å². The summed E-state index contributed by atoms with van der Waals surface area (Å²) in [5, 5.41) is 3.25. The van der Waals surface area contributed by atoms with Crippen molar-refractivity contribution in [3.63, 3.8) is 0 Å². The highest BCUT2D eigenvalue weighted by molar-refractivity contribution is 7.70. The molecule has 0 N–H and O–H groups in total. The number of allylic oxidation sites excluding steroid dienone is 2. The summed E-state index contributed by atoms with van der Waals surface area (Å²) >= 11 is 0. The first-order valence-corrected chi connectivity index (χ1v) is 12.5. The molecule has 2 aliphatic carbocycles. The van der Waals surface area contributed by atoms with Crippen molar-refractivity contribution in [1.82, 2.24) is 0 Å². The van der Waals surface area contributed by atoms with Gasteiger partial charge in [0.1, 0.15) is 11.5 Å². The van der Waals surface area contributed by atoms with Crippen molar-refractivity contribution in [3.05, 3.63) is 53.9 Å². The van der Waals surface area contributed by atoms with Gasteiger partial charge >= 0.3 is 0 Å². The Morgan fingerprint density at radius 2 is 1.52 bits per heavy atom. The van der Waals surface area contributed by atoms with E-state index in [0.717, 1.165) is 22.7 Å². The maximum atomic E-state index is 5.78. The number of hydrogen-bond donors (Lipinski definition) is 0. The molecule has 0 amide bonds. The topological polar surface area (TPSA) is 18.5 Å². The van der Waals surface area contributed by atoms with Crippen molar-refractivity contribution >= 4 is 13.2 Å². The predicted octanol–water partition coefficient (Wildman–Crippen LogP) is 7.27. The third kappa shape index (κ3) is 4.38. The molecule has 2 aromatic rings. The predicted molar refractivity (Wildman–Crippen MR) is 125 cm³/mol. The summed E-state index contributed by atoms with van der Waals surface area (Å²) in [5.41, 5.74) is 3.21. The van der Waals surface area contributed by atoms with Gasteiger partial charge in [0.25, 0.3) is 0 Å². The van der Waals surface area contributed by atoms with Gasteiger partial charge in [0.05, 0.1) is 19.8 Å². The summed E-state index contributed by atoms with van der Waals surface area (Å²) in [6.45, 7) is 0. The van der Waals surface area contributed by atoms with Crippen LogP contribution in [0.2, 0.25) is 0 Å². The first-order chi connectivity index (χ1) is 14.3. The highest BCUT2D eigenvalue weighted by Crippen LogP contribution is 2.57. The van der Waals surface area contributed by atoms with Gasteiger partial charge in [-0.1, -0.05) is 55.7 Å². The summed E-state index contributed by atoms with van der Waals surface area (Å²) in [6.07, 6.45) is 14.7. The van der Waals surface area contributed by atoms with E-state index in [1.165, 1.54) is 68.7 Å². The summed E-state index contributed by atoms with van der Waals surface area (Å²) in [6, 6.07) is 15.2. The van der Waals surface area contributed by atoms with Gasteiger partial charge < -0.3 is 9.47 Å². The molecule has 1 unspecified atom stereocenters. The van der Waals surface area contributed by atoms with E-state index >= 15 is 0 Å². The third-order valence-corrected chi connectivity index (χ3v) is 9.56. The lowest BCUT2D eigenvalue weighted by Gasteiger charge is -2.35. The van der Waals surface area contributed by atoms with E-state index in [1.807, 2.05) is 6.07 Å². The average molecular weight is 409 g/mol. The lowest BCUT2D eigenvalue weighted by atomic mass is 10.0. The van der Waals surface area contributed by atoms with Gasteiger partial charge in [0, 0.05) is 0 Å². The summed E-state index contributed by atoms with van der Waals surface area (Å²) in [4.78, 5) is 0. The van der Waals surface area contributed by atoms with Crippen molar-refractivity contribution < 1.29 is 9.47 Å². The Balaban J connectivity index is 1.86. The monoisotopic (exact) mass is 408 g/mol. The van der Waals surface area contributed by atoms with E-state index in [9.17, 15) is 0 Å². The molecule has 0 bridgehead atoms. The SMILES string of the molecule is COc1cccc(OC)c1-c1ccccc1P(C1=CCCCC1)C1CCCCC1. The van der Waals surface area contributed by atoms with E-state index in [-0.39, 0.29) is 7.92 Å². The fourth-order valence-corrected chi connectivity index (χ4v) is 8.45. The van der Waals surface area contributed by atoms with Gasteiger partial charge in [-0.2, -0.15) is 0 Å². The zero-order valence-electron chi connectivity index (χ0n) is 17.8. The zero-order chi connectivity index (χ0) is 20.1. The van der Waals surface area contributed by atoms with Crippen molar-refractivity contribution in [2.24, 2.45) is 0 Å². The fourth-order valence-electron chi connectivity index (χ4n) is 4.98. The van der Waals surface area contributed by atoms with Crippen molar-refractivity contribution in [2.45, 2.75) is 63.4 Å². The van der Waals surface area contributed by atoms with Crippen LogP contribution < -0.4 is 14.8 Å². The maximum absolute atomic E-state index is 5.78. The normalized spacial score (nSPS) is 18.8. The van der Waals surface area contributed by atoms with E-state index in [1.54, 1.807) is 19.5 Å². The Bertz CT molecular complexity index is 829. The molecule has 0 saturated heterocycles. The maximum Gasteiger partial charge on any atom is 0.130 e. The van der Waals surface area contributed by atoms with Crippen LogP contribution in [0.4, 0.5) is 0 Å². The van der Waals surface area contributed by atoms with Crippen LogP contribution in [0, 0.1) is 0 Å². The molecule has 0 aromatic heterocycles. The third-order valence-electron chi connectivity index (χ3n) is 6.38. The molecule has 0 aliphatic heterocycles. The molecule has 2 nitrogen and oxygen atoms in total. The molecular weight excluding hydrogens is 375 g/mol. The van der Waals surface area contributed by atoms with Gasteiger partial charge in [-0.3, -0.25) is 0 Å². The molecule has 0 radical (unpaired) electrons. The lowest BCUT2D eigenvalue weighted by molar-refractivity contribution is 0.397. The molecule has 1 fully saturated rings. The molecule has 1 atom stereocenters. The van der Waals surface area contributed by atoms with Crippen molar-refractivity contribution in [3.8, 4) is 22.6 Å². The van der Waals surface area contributed by atoms with Gasteiger partial charge in [-0.15, -0.1) is 0 Å². The fraction of sp³-hybridized carbons (Fsp3) is 0.462. The Hall–Kier alpha value is -1.79. The van der Waals surface area contributed by atoms with Crippen molar-refractivity contribution in [1.29, 1.82) is 0 Å². The molecule has 29 heavy (non-hydrogen) atoms. The molecule has 4 rings (SSSR count). The number of methoxy groups -OCH3 is 2. The summed E-state index contributed by atoms with van der Waals surface area (Å²) in [7, 11) is 3.20. The van der Waals surface area contributed by atoms with Crippen LogP contribution in [0.5, 0.6) is 11.5 Å². The Morgan fingerprint density at radius 1 is 0.793 bits per heavy atom. The summed E-state index contributed by atoms with van der Waals surface area (Å²) in [5.74, 6) is 1.79. The van der Waals surface area contributed by atoms with Crippen LogP contribution in [0.15, 0.2) is 53.9 Å². The van der Waals surface area contributed by atoms with Gasteiger partial charge in [0.15, 0.2) is 0 Å². The first kappa shape index (κ1) is 20.5. The minimum absolute atomic E-state index is 0.321. The van der Waals surface area contributed by atoms with Crippen LogP contribution in [0.25, 0.3) is 11.1 Å². The zero-order valence-corrected chi connectivity index (χ0v) is 18.7. The molecule has 0 spiro atoms. The number of rotatable bonds is 6. The Kier molecular flexibility index (Phi) is 6.93. The molecule has 1 saturated carbocycles. The number of ether oxygens (including phenoxy) is 2. The van der Waals surface area contributed by atoms with Crippen LogP contribution in [0.1, 0.15) is 57.8 Å². The second kappa shape index (κ2) is 9.81. The molecule has 2 aromatic carbocycles. The minimum Gasteiger partial charge on any atom is -0.496 e. The Morgan fingerprint density at radius 3 is 2.17 bits per heavy atom. The standard InChI is InChI=1S/C26H33O2P/c1-27-23-17-11-18-24(28-2)26(23)22-16-9-10-19-25(22)29(20-12-5-3-6-13-20)21-14-7-4-8-15-21/h9-12,16-19,21H,3-8,13-15H2,1-2H3.